The summed E-state index contributed by atoms with van der Waals surface area (Å²) >= 11 is 0. The summed E-state index contributed by atoms with van der Waals surface area (Å²) in [6, 6.07) is 45.1. The number of nitrogens with zero attached hydrogens (tertiary/aromatic N) is 1. The van der Waals surface area contributed by atoms with E-state index >= 15 is 0 Å². The Balaban J connectivity index is 1.49. The Morgan fingerprint density at radius 3 is 0.900 bits per heavy atom. The van der Waals surface area contributed by atoms with Crippen molar-refractivity contribution in [2.45, 2.75) is 0 Å². The van der Waals surface area contributed by atoms with Gasteiger partial charge in [-0.2, -0.15) is 0 Å². The minimum absolute atomic E-state index is 0.0485. The van der Waals surface area contributed by atoms with E-state index in [9.17, 15) is 28.8 Å². The van der Waals surface area contributed by atoms with Crippen molar-refractivity contribution in [1.82, 2.24) is 9.72 Å². The number of benzene rings is 6. The zero-order valence-corrected chi connectivity index (χ0v) is 34.0. The molecule has 0 unspecified atom stereocenters. The Morgan fingerprint density at radius 2 is 0.617 bits per heavy atom. The van der Waals surface area contributed by atoms with Gasteiger partial charge in [-0.3, -0.25) is 0 Å². The van der Waals surface area contributed by atoms with E-state index in [1.165, 1.54) is 121 Å². The molecule has 0 amide bonds. The van der Waals surface area contributed by atoms with Gasteiger partial charge >= 0.3 is 345 Å². The summed E-state index contributed by atoms with van der Waals surface area (Å²) in [7, 11) is -15.9. The van der Waals surface area contributed by atoms with Gasteiger partial charge < -0.3 is 0 Å². The molecule has 0 aromatic heterocycles. The van der Waals surface area contributed by atoms with Crippen LogP contribution in [0, 0.1) is 0 Å². The van der Waals surface area contributed by atoms with Crippen LogP contribution in [0.5, 0.6) is 0 Å². The molecular weight excluding hydrogens is 831 g/mol. The molecule has 1 heterocycles. The van der Waals surface area contributed by atoms with E-state index < -0.39 is 59.5 Å². The Hall–Kier alpha value is -6.85. The second-order valence-corrected chi connectivity index (χ2v) is 19.9. The fourth-order valence-electron chi connectivity index (χ4n) is 5.50. The number of nitrogens with one attached hydrogen (secondary N) is 2. The molecule has 0 spiro atoms. The average Bonchev–Trinajstić information content (AvgIpc) is 3.27. The molecule has 7 rings (SSSR count). The second-order valence-electron chi connectivity index (χ2n) is 12.6. The van der Waals surface area contributed by atoms with Gasteiger partial charge in [0.15, 0.2) is 0 Å². The standard InChI is InChI=1S/C42H34N3O12P3/c46-37(31-19-7-1-8-20-31)52-58(53-38(47)32-21-9-2-10-22-32)43-59(54-39(48)33-23-11-3-12-24-33,55-40(49)34-25-13-4-14-26-34)45-60(44-58,56-41(50)35-27-15-5-16-28-35)57-42(51)36-29-17-6-18-30-36/h1-30,43-44,58-59H. The van der Waals surface area contributed by atoms with E-state index in [-0.39, 0.29) is 33.4 Å². The molecule has 6 aromatic carbocycles. The van der Waals surface area contributed by atoms with Gasteiger partial charge in [-0.25, -0.2) is 0 Å². The molecule has 18 heteroatoms. The van der Waals surface area contributed by atoms with Crippen molar-refractivity contribution < 1.29 is 55.9 Å². The van der Waals surface area contributed by atoms with Gasteiger partial charge in [-0.05, 0) is 0 Å². The van der Waals surface area contributed by atoms with Crippen molar-refractivity contribution >= 4 is 59.5 Å². The summed E-state index contributed by atoms with van der Waals surface area (Å²) in [6.07, 6.45) is 0. The maximum absolute atomic E-state index is 14.1. The fourth-order valence-corrected chi connectivity index (χ4v) is 16.5. The normalized spacial score (nSPS) is 15.5. The van der Waals surface area contributed by atoms with Crippen LogP contribution in [0.4, 0.5) is 0 Å². The molecule has 304 valence electrons. The Morgan fingerprint density at radius 1 is 0.367 bits per heavy atom. The predicted octanol–water partition coefficient (Wildman–Crippen LogP) is 9.09. The van der Waals surface area contributed by atoms with E-state index in [1.54, 1.807) is 60.7 Å². The van der Waals surface area contributed by atoms with Gasteiger partial charge in [-0.1, -0.05) is 0 Å². The van der Waals surface area contributed by atoms with Gasteiger partial charge in [0.25, 0.3) is 0 Å². The number of rotatable bonds is 12. The molecule has 0 saturated heterocycles. The zero-order valence-electron chi connectivity index (χ0n) is 31.1. The van der Waals surface area contributed by atoms with E-state index in [1.807, 2.05) is 0 Å². The van der Waals surface area contributed by atoms with Crippen LogP contribution in [0.1, 0.15) is 62.1 Å². The second kappa shape index (κ2) is 18.4. The van der Waals surface area contributed by atoms with E-state index in [2.05, 4.69) is 14.2 Å². The van der Waals surface area contributed by atoms with Gasteiger partial charge in [0.05, 0.1) is 0 Å². The Labute approximate surface area is 344 Å². The molecule has 0 bridgehead atoms. The van der Waals surface area contributed by atoms with E-state index in [4.69, 9.17) is 27.1 Å². The number of carbonyl (C=O) groups excluding carboxylic acids is 6. The number of hydrogen-bond donors (Lipinski definition) is 2. The van der Waals surface area contributed by atoms with Gasteiger partial charge in [0, 0.05) is 0 Å². The van der Waals surface area contributed by atoms with Crippen LogP contribution < -0.4 is 9.72 Å². The molecule has 0 radical (unpaired) electrons. The van der Waals surface area contributed by atoms with Gasteiger partial charge in [-0.15, -0.1) is 0 Å². The first-order valence-corrected chi connectivity index (χ1v) is 23.2. The van der Waals surface area contributed by atoms with Crippen LogP contribution in [0.25, 0.3) is 0 Å². The molecule has 1 aliphatic rings. The molecule has 60 heavy (non-hydrogen) atoms. The first-order valence-electron chi connectivity index (χ1n) is 18.0. The third-order valence-electron chi connectivity index (χ3n) is 8.28. The fraction of sp³-hybridized carbons (Fsp3) is 0. The molecule has 0 aliphatic carbocycles. The van der Waals surface area contributed by atoms with E-state index in [0.29, 0.717) is 0 Å². The molecule has 15 nitrogen and oxygen atoms in total. The molecular formula is C42H34N3O12P3. The van der Waals surface area contributed by atoms with Crippen molar-refractivity contribution in [3.05, 3.63) is 215 Å². The number of hydrogen-bond acceptors (Lipinski definition) is 15. The van der Waals surface area contributed by atoms with Crippen LogP contribution in [0.2, 0.25) is 0 Å². The van der Waals surface area contributed by atoms with Gasteiger partial charge in [0.2, 0.25) is 0 Å². The third-order valence-corrected chi connectivity index (χ3v) is 18.0. The zero-order chi connectivity index (χ0) is 42.0. The Kier molecular flexibility index (Phi) is 12.7. The van der Waals surface area contributed by atoms with Crippen LogP contribution in [-0.4, -0.2) is 35.8 Å². The summed E-state index contributed by atoms with van der Waals surface area (Å²) in [5, 5.41) is 0. The molecule has 0 fully saturated rings. The summed E-state index contributed by atoms with van der Waals surface area (Å²) in [5.74, 6) is -6.76. The van der Waals surface area contributed by atoms with Crippen LogP contribution >= 0.6 is 23.7 Å². The van der Waals surface area contributed by atoms with Crippen molar-refractivity contribution in [3.63, 3.8) is 0 Å². The van der Waals surface area contributed by atoms with Crippen molar-refractivity contribution in [1.29, 1.82) is 0 Å². The van der Waals surface area contributed by atoms with Crippen LogP contribution in [-0.2, 0) is 27.1 Å². The maximum atomic E-state index is 14.1. The Bertz CT molecular complexity index is 2410. The summed E-state index contributed by atoms with van der Waals surface area (Å²) in [6.45, 7) is 0. The monoisotopic (exact) mass is 865 g/mol. The first-order chi connectivity index (χ1) is 29.1. The number of carbonyl (C=O) groups is 6. The van der Waals surface area contributed by atoms with Crippen molar-refractivity contribution in [2.24, 2.45) is 4.52 Å². The average molecular weight is 866 g/mol. The summed E-state index contributed by atoms with van der Waals surface area (Å²) < 4.78 is 40.9. The van der Waals surface area contributed by atoms with Crippen molar-refractivity contribution in [3.8, 4) is 0 Å². The molecule has 0 atom stereocenters. The molecule has 1 aliphatic heterocycles. The summed E-state index contributed by atoms with van der Waals surface area (Å²) in [4.78, 5) is 90.2. The van der Waals surface area contributed by atoms with Crippen LogP contribution in [0.3, 0.4) is 0 Å². The van der Waals surface area contributed by atoms with Crippen LogP contribution in [0.15, 0.2) is 187 Å². The molecule has 6 aromatic rings. The predicted molar refractivity (Wildman–Crippen MR) is 223 cm³/mol. The minimum atomic E-state index is -5.50. The topological polar surface area (TPSA) is 194 Å². The van der Waals surface area contributed by atoms with Gasteiger partial charge in [0.1, 0.15) is 0 Å². The quantitative estimate of drug-likeness (QED) is 0.111. The SMILES string of the molecule is O=C(OP1(OC(=O)c2ccccc2)=N[PH](OC(=O)c2ccccc2)(OC(=O)c2ccccc2)N[PH](OC(=O)c2ccccc2)(OC(=O)c2ccccc2)N1)c1ccccc1. The third kappa shape index (κ3) is 10.0. The molecule has 0 saturated carbocycles. The first kappa shape index (κ1) is 41.3. The molecule has 2 N–H and O–H groups in total. The summed E-state index contributed by atoms with van der Waals surface area (Å²) in [5.41, 5.74) is -0.338. The van der Waals surface area contributed by atoms with E-state index in [0.717, 1.165) is 0 Å². The van der Waals surface area contributed by atoms with Crippen molar-refractivity contribution in [2.75, 3.05) is 0 Å².